The van der Waals surface area contributed by atoms with Crippen molar-refractivity contribution < 1.29 is 23.8 Å². The number of ether oxygens (including phenoxy) is 1. The maximum Gasteiger partial charge on any atom is 0.336 e. The van der Waals surface area contributed by atoms with E-state index in [9.17, 15) is 19.5 Å². The van der Waals surface area contributed by atoms with Gasteiger partial charge in [0.05, 0.1) is 0 Å². The molecule has 146 valence electrons. The van der Waals surface area contributed by atoms with Gasteiger partial charge in [0.15, 0.2) is 6.61 Å². The Balaban J connectivity index is 2.14. The predicted octanol–water partition coefficient (Wildman–Crippen LogP) is 2.37. The number of carbonyl (C=O) groups excluding carboxylic acids is 1. The highest BCUT2D eigenvalue weighted by Crippen LogP contribution is 2.27. The molecule has 8 heteroatoms. The number of rotatable bonds is 9. The van der Waals surface area contributed by atoms with Crippen LogP contribution in [0.3, 0.4) is 0 Å². The summed E-state index contributed by atoms with van der Waals surface area (Å²) in [5.41, 5.74) is 1.60. The third kappa shape index (κ3) is 5.50. The number of carboxylic acids is 1. The van der Waals surface area contributed by atoms with Gasteiger partial charge in [0, 0.05) is 17.5 Å². The Morgan fingerprint density at radius 3 is 2.70 bits per heavy atom. The zero-order valence-electron chi connectivity index (χ0n) is 15.5. The van der Waals surface area contributed by atoms with Crippen molar-refractivity contribution in [2.75, 3.05) is 18.6 Å². The summed E-state index contributed by atoms with van der Waals surface area (Å²) in [6, 6.07) is 3.95. The molecule has 0 aliphatic carbocycles. The summed E-state index contributed by atoms with van der Waals surface area (Å²) >= 11 is 1.51. The Morgan fingerprint density at radius 2 is 2.07 bits per heavy atom. The highest BCUT2D eigenvalue weighted by Gasteiger charge is 2.20. The van der Waals surface area contributed by atoms with E-state index in [-0.39, 0.29) is 6.61 Å². The number of aryl methyl sites for hydroxylation is 2. The first-order chi connectivity index (χ1) is 12.8. The van der Waals surface area contributed by atoms with Crippen LogP contribution in [0.25, 0.3) is 11.0 Å². The van der Waals surface area contributed by atoms with Gasteiger partial charge in [-0.1, -0.05) is 6.92 Å². The fourth-order valence-corrected chi connectivity index (χ4v) is 3.15. The van der Waals surface area contributed by atoms with Crippen molar-refractivity contribution in [1.82, 2.24) is 5.32 Å². The van der Waals surface area contributed by atoms with Crippen LogP contribution in [0, 0.1) is 6.92 Å². The standard InChI is InChI=1S/C19H23NO6S/c1-4-12-8-13-11(2)7-18(22)26-16(13)9-15(12)25-10-17(21)20-14(19(23)24)5-6-27-3/h7-9,14H,4-6,10H2,1-3H3,(H,20,21)(H,23,24). The van der Waals surface area contributed by atoms with E-state index in [1.165, 1.54) is 17.8 Å². The Bertz CT molecular complexity index is 892. The quantitative estimate of drug-likeness (QED) is 0.630. The second-order valence-electron chi connectivity index (χ2n) is 6.09. The van der Waals surface area contributed by atoms with Crippen molar-refractivity contribution in [2.24, 2.45) is 0 Å². The van der Waals surface area contributed by atoms with E-state index in [1.54, 1.807) is 6.07 Å². The number of amides is 1. The van der Waals surface area contributed by atoms with E-state index in [0.29, 0.717) is 29.9 Å². The topological polar surface area (TPSA) is 106 Å². The van der Waals surface area contributed by atoms with Crippen LogP contribution in [-0.2, 0) is 16.0 Å². The molecule has 0 spiro atoms. The Kier molecular flexibility index (Phi) is 7.29. The predicted molar refractivity (Wildman–Crippen MR) is 105 cm³/mol. The molecule has 0 aliphatic rings. The maximum absolute atomic E-state index is 12.1. The molecule has 2 rings (SSSR count). The molecule has 1 heterocycles. The van der Waals surface area contributed by atoms with Crippen LogP contribution in [0.4, 0.5) is 0 Å². The molecule has 7 nitrogen and oxygen atoms in total. The minimum absolute atomic E-state index is 0.322. The minimum Gasteiger partial charge on any atom is -0.483 e. The van der Waals surface area contributed by atoms with Gasteiger partial charge in [0.25, 0.3) is 5.91 Å². The lowest BCUT2D eigenvalue weighted by Crippen LogP contribution is -2.43. The van der Waals surface area contributed by atoms with E-state index in [2.05, 4.69) is 5.32 Å². The van der Waals surface area contributed by atoms with Crippen LogP contribution in [0.1, 0.15) is 24.5 Å². The summed E-state index contributed by atoms with van der Waals surface area (Å²) in [5, 5.41) is 12.5. The molecular formula is C19H23NO6S. The first-order valence-corrected chi connectivity index (χ1v) is 9.96. The van der Waals surface area contributed by atoms with Gasteiger partial charge in [0.1, 0.15) is 17.4 Å². The molecule has 2 N–H and O–H groups in total. The van der Waals surface area contributed by atoms with Crippen molar-refractivity contribution in [3.8, 4) is 5.75 Å². The Labute approximate surface area is 161 Å². The van der Waals surface area contributed by atoms with Crippen molar-refractivity contribution in [3.63, 3.8) is 0 Å². The van der Waals surface area contributed by atoms with Crippen molar-refractivity contribution in [1.29, 1.82) is 0 Å². The molecule has 27 heavy (non-hydrogen) atoms. The molecule has 0 fully saturated rings. The Morgan fingerprint density at radius 1 is 1.33 bits per heavy atom. The molecule has 0 saturated carbocycles. The van der Waals surface area contributed by atoms with Gasteiger partial charge in [-0.15, -0.1) is 0 Å². The number of benzene rings is 1. The van der Waals surface area contributed by atoms with Crippen LogP contribution in [-0.4, -0.2) is 41.6 Å². The van der Waals surface area contributed by atoms with Gasteiger partial charge in [-0.3, -0.25) is 4.79 Å². The van der Waals surface area contributed by atoms with Gasteiger partial charge >= 0.3 is 11.6 Å². The number of thioether (sulfide) groups is 1. The molecule has 0 radical (unpaired) electrons. The highest BCUT2D eigenvalue weighted by molar-refractivity contribution is 7.98. The van der Waals surface area contributed by atoms with E-state index in [1.807, 2.05) is 26.2 Å². The smallest absolute Gasteiger partial charge is 0.336 e. The summed E-state index contributed by atoms with van der Waals surface area (Å²) in [4.78, 5) is 34.9. The normalized spacial score (nSPS) is 12.0. The van der Waals surface area contributed by atoms with E-state index in [4.69, 9.17) is 9.15 Å². The van der Waals surface area contributed by atoms with Crippen LogP contribution in [0.5, 0.6) is 5.75 Å². The number of carboxylic acid groups (broad SMARTS) is 1. The lowest BCUT2D eigenvalue weighted by atomic mass is 10.1. The number of hydrogen-bond acceptors (Lipinski definition) is 6. The second kappa shape index (κ2) is 9.45. The van der Waals surface area contributed by atoms with E-state index in [0.717, 1.165) is 16.5 Å². The van der Waals surface area contributed by atoms with Crippen molar-refractivity contribution in [2.45, 2.75) is 32.7 Å². The third-order valence-electron chi connectivity index (χ3n) is 4.12. The molecule has 0 bridgehead atoms. The van der Waals surface area contributed by atoms with Gasteiger partial charge in [-0.05, 0) is 49.0 Å². The largest absolute Gasteiger partial charge is 0.483 e. The zero-order valence-corrected chi connectivity index (χ0v) is 16.4. The van der Waals surface area contributed by atoms with E-state index < -0.39 is 23.5 Å². The minimum atomic E-state index is -1.07. The zero-order chi connectivity index (χ0) is 20.0. The summed E-state index contributed by atoms with van der Waals surface area (Å²) in [5.74, 6) is -0.530. The lowest BCUT2D eigenvalue weighted by Gasteiger charge is -2.15. The van der Waals surface area contributed by atoms with Crippen LogP contribution < -0.4 is 15.7 Å². The average Bonchev–Trinajstić information content (AvgIpc) is 2.62. The summed E-state index contributed by atoms with van der Waals surface area (Å²) in [7, 11) is 0. The van der Waals surface area contributed by atoms with Gasteiger partial charge in [-0.2, -0.15) is 11.8 Å². The van der Waals surface area contributed by atoms with Crippen LogP contribution >= 0.6 is 11.8 Å². The molecule has 1 atom stereocenters. The number of nitrogens with one attached hydrogen (secondary N) is 1. The molecular weight excluding hydrogens is 370 g/mol. The summed E-state index contributed by atoms with van der Waals surface area (Å²) in [6.07, 6.45) is 2.87. The van der Waals surface area contributed by atoms with Crippen molar-refractivity contribution >= 4 is 34.6 Å². The monoisotopic (exact) mass is 393 g/mol. The Hall–Kier alpha value is -2.48. The fraction of sp³-hybridized carbons (Fsp3) is 0.421. The lowest BCUT2D eigenvalue weighted by molar-refractivity contribution is -0.142. The average molecular weight is 393 g/mol. The molecule has 1 aromatic heterocycles. The van der Waals surface area contributed by atoms with Crippen LogP contribution in [0.15, 0.2) is 27.4 Å². The number of hydrogen-bond donors (Lipinski definition) is 2. The number of fused-ring (bicyclic) bond motifs is 1. The van der Waals surface area contributed by atoms with E-state index >= 15 is 0 Å². The summed E-state index contributed by atoms with van der Waals surface area (Å²) in [6.45, 7) is 3.45. The van der Waals surface area contributed by atoms with Gasteiger partial charge in [-0.25, -0.2) is 9.59 Å². The van der Waals surface area contributed by atoms with Gasteiger partial charge in [0.2, 0.25) is 0 Å². The first kappa shape index (κ1) is 20.8. The fourth-order valence-electron chi connectivity index (χ4n) is 2.67. The molecule has 0 aliphatic heterocycles. The molecule has 1 unspecified atom stereocenters. The van der Waals surface area contributed by atoms with Crippen molar-refractivity contribution in [3.05, 3.63) is 39.7 Å². The molecule has 1 amide bonds. The number of carbonyl (C=O) groups is 2. The summed E-state index contributed by atoms with van der Waals surface area (Å²) < 4.78 is 10.8. The molecule has 0 saturated heterocycles. The van der Waals surface area contributed by atoms with Gasteiger partial charge < -0.3 is 19.6 Å². The molecule has 2 aromatic rings. The SMILES string of the molecule is CCc1cc2c(C)cc(=O)oc2cc1OCC(=O)NC(CCSC)C(=O)O. The second-order valence-corrected chi connectivity index (χ2v) is 7.07. The van der Waals surface area contributed by atoms with Crippen LogP contribution in [0.2, 0.25) is 0 Å². The first-order valence-electron chi connectivity index (χ1n) is 8.57. The maximum atomic E-state index is 12.1. The third-order valence-corrected chi connectivity index (χ3v) is 4.76. The molecule has 1 aromatic carbocycles. The number of aliphatic carboxylic acids is 1. The highest BCUT2D eigenvalue weighted by atomic mass is 32.2.